The molecule has 6 heteroatoms. The molecule has 4 N–H and O–H groups in total. The normalized spacial score (nSPS) is 10.2. The second-order valence-electron chi connectivity index (χ2n) is 4.23. The third-order valence-corrected chi connectivity index (χ3v) is 2.75. The van der Waals surface area contributed by atoms with Crippen LogP contribution in [-0.2, 0) is 6.54 Å². The van der Waals surface area contributed by atoms with Crippen LogP contribution in [0.25, 0.3) is 0 Å². The summed E-state index contributed by atoms with van der Waals surface area (Å²) >= 11 is 0. The number of primary amides is 1. The minimum absolute atomic E-state index is 0.133. The number of carbonyl (C=O) groups is 1. The van der Waals surface area contributed by atoms with Crippen LogP contribution >= 0.6 is 0 Å². The molecule has 0 aliphatic heterocycles. The lowest BCUT2D eigenvalue weighted by Crippen LogP contribution is -2.22. The Morgan fingerprint density at radius 2 is 1.85 bits per heavy atom. The quantitative estimate of drug-likeness (QED) is 0.833. The number of pyridine rings is 1. The first-order chi connectivity index (χ1) is 9.56. The van der Waals surface area contributed by atoms with Crippen molar-refractivity contribution in [3.8, 4) is 5.75 Å². The third-order valence-electron chi connectivity index (χ3n) is 2.75. The lowest BCUT2D eigenvalue weighted by molar-refractivity contribution is 0.100. The van der Waals surface area contributed by atoms with E-state index in [9.17, 15) is 9.59 Å². The number of amides is 1. The van der Waals surface area contributed by atoms with Crippen LogP contribution in [0.1, 0.15) is 10.4 Å². The predicted octanol–water partition coefficient (Wildman–Crippen LogP) is 0.608. The largest absolute Gasteiger partial charge is 0.492 e. The Labute approximate surface area is 115 Å². The van der Waals surface area contributed by atoms with Gasteiger partial charge < -0.3 is 20.8 Å². The van der Waals surface area contributed by atoms with E-state index in [1.54, 1.807) is 36.5 Å². The van der Waals surface area contributed by atoms with Gasteiger partial charge in [-0.2, -0.15) is 0 Å². The second kappa shape index (κ2) is 5.92. The fraction of sp³-hybridized carbons (Fsp3) is 0.143. The van der Waals surface area contributed by atoms with Gasteiger partial charge in [-0.3, -0.25) is 9.59 Å². The molecule has 0 unspecified atom stereocenters. The summed E-state index contributed by atoms with van der Waals surface area (Å²) in [5.41, 5.74) is 11.6. The number of benzene rings is 1. The molecule has 2 rings (SSSR count). The van der Waals surface area contributed by atoms with E-state index in [1.165, 1.54) is 10.6 Å². The maximum Gasteiger partial charge on any atom is 0.250 e. The molecule has 0 aliphatic carbocycles. The highest BCUT2D eigenvalue weighted by atomic mass is 16.5. The zero-order chi connectivity index (χ0) is 14.5. The van der Waals surface area contributed by atoms with Gasteiger partial charge in [0.2, 0.25) is 5.91 Å². The van der Waals surface area contributed by atoms with Gasteiger partial charge in [-0.1, -0.05) is 0 Å². The number of rotatable bonds is 5. The van der Waals surface area contributed by atoms with Gasteiger partial charge in [-0.05, 0) is 30.3 Å². The molecule has 1 aromatic heterocycles. The van der Waals surface area contributed by atoms with E-state index in [0.717, 1.165) is 0 Å². The molecule has 0 bridgehead atoms. The van der Waals surface area contributed by atoms with Gasteiger partial charge in [-0.15, -0.1) is 0 Å². The van der Waals surface area contributed by atoms with Crippen LogP contribution < -0.4 is 21.8 Å². The summed E-state index contributed by atoms with van der Waals surface area (Å²) in [5, 5.41) is 0. The molecular weight excluding hydrogens is 258 g/mol. The molecule has 0 atom stereocenters. The number of ether oxygens (including phenoxy) is 1. The smallest absolute Gasteiger partial charge is 0.250 e. The first-order valence-corrected chi connectivity index (χ1v) is 6.05. The Bertz CT molecular complexity index is 662. The minimum atomic E-state index is -0.483. The average molecular weight is 273 g/mol. The summed E-state index contributed by atoms with van der Waals surface area (Å²) in [4.78, 5) is 22.4. The van der Waals surface area contributed by atoms with Crippen LogP contribution in [0.15, 0.2) is 47.4 Å². The summed E-state index contributed by atoms with van der Waals surface area (Å²) < 4.78 is 6.97. The molecule has 0 saturated carbocycles. The van der Waals surface area contributed by atoms with Crippen molar-refractivity contribution in [2.45, 2.75) is 6.54 Å². The van der Waals surface area contributed by atoms with Crippen molar-refractivity contribution in [3.05, 3.63) is 58.5 Å². The van der Waals surface area contributed by atoms with Gasteiger partial charge in [0.1, 0.15) is 12.4 Å². The highest BCUT2D eigenvalue weighted by molar-refractivity contribution is 5.92. The number of nitrogens with zero attached hydrogens (tertiary/aromatic N) is 1. The molecular formula is C14H15N3O3. The van der Waals surface area contributed by atoms with Crippen LogP contribution in [0.2, 0.25) is 0 Å². The summed E-state index contributed by atoms with van der Waals surface area (Å²) in [6.45, 7) is 0.709. The molecule has 6 nitrogen and oxygen atoms in total. The van der Waals surface area contributed by atoms with Crippen LogP contribution in [-0.4, -0.2) is 17.1 Å². The standard InChI is InChI=1S/C14H15N3O3/c15-11-3-6-13(18)17(9-11)7-8-20-12-4-1-10(2-5-12)14(16)19/h1-6,9H,7-8,15H2,(H2,16,19). The molecule has 0 radical (unpaired) electrons. The van der Waals surface area contributed by atoms with Crippen molar-refractivity contribution in [3.63, 3.8) is 0 Å². The van der Waals surface area contributed by atoms with Crippen molar-refractivity contribution < 1.29 is 9.53 Å². The summed E-state index contributed by atoms with van der Waals surface area (Å²) in [6.07, 6.45) is 1.57. The van der Waals surface area contributed by atoms with Crippen LogP contribution in [0, 0.1) is 0 Å². The van der Waals surface area contributed by atoms with Crippen molar-refractivity contribution in [2.24, 2.45) is 5.73 Å². The molecule has 0 spiro atoms. The third kappa shape index (κ3) is 3.38. The van der Waals surface area contributed by atoms with Crippen LogP contribution in [0.5, 0.6) is 5.75 Å². The SMILES string of the molecule is NC(=O)c1ccc(OCCn2cc(N)ccc2=O)cc1. The fourth-order valence-corrected chi connectivity index (χ4v) is 1.70. The van der Waals surface area contributed by atoms with Crippen molar-refractivity contribution in [1.82, 2.24) is 4.57 Å². The topological polar surface area (TPSA) is 100 Å². The molecule has 0 aliphatic rings. The summed E-state index contributed by atoms with van der Waals surface area (Å²) in [6, 6.07) is 9.46. The van der Waals surface area contributed by atoms with Crippen LogP contribution in [0.3, 0.4) is 0 Å². The van der Waals surface area contributed by atoms with Crippen LogP contribution in [0.4, 0.5) is 5.69 Å². The lowest BCUT2D eigenvalue weighted by atomic mass is 10.2. The number of nitrogens with two attached hydrogens (primary N) is 2. The number of anilines is 1. The molecule has 1 heterocycles. The van der Waals surface area contributed by atoms with E-state index in [4.69, 9.17) is 16.2 Å². The van der Waals surface area contributed by atoms with E-state index < -0.39 is 5.91 Å². The number of nitrogen functional groups attached to an aromatic ring is 1. The average Bonchev–Trinajstić information content (AvgIpc) is 2.43. The van der Waals surface area contributed by atoms with E-state index in [2.05, 4.69) is 0 Å². The Morgan fingerprint density at radius 3 is 2.50 bits per heavy atom. The highest BCUT2D eigenvalue weighted by Crippen LogP contribution is 2.11. The molecule has 1 aromatic carbocycles. The molecule has 0 saturated heterocycles. The van der Waals surface area contributed by atoms with Gasteiger partial charge in [0.25, 0.3) is 5.56 Å². The first kappa shape index (κ1) is 13.7. The molecule has 1 amide bonds. The number of hydrogen-bond acceptors (Lipinski definition) is 4. The van der Waals surface area contributed by atoms with Crippen molar-refractivity contribution in [2.75, 3.05) is 12.3 Å². The van der Waals surface area contributed by atoms with Crippen molar-refractivity contribution >= 4 is 11.6 Å². The Hall–Kier alpha value is -2.76. The number of aromatic nitrogens is 1. The number of carbonyl (C=O) groups excluding carboxylic acids is 1. The monoisotopic (exact) mass is 273 g/mol. The van der Waals surface area contributed by atoms with Gasteiger partial charge in [-0.25, -0.2) is 0 Å². The Morgan fingerprint density at radius 1 is 1.15 bits per heavy atom. The molecule has 0 fully saturated rings. The van der Waals surface area contributed by atoms with Gasteiger partial charge in [0, 0.05) is 23.5 Å². The van der Waals surface area contributed by atoms with E-state index >= 15 is 0 Å². The molecule has 104 valence electrons. The summed E-state index contributed by atoms with van der Waals surface area (Å²) in [7, 11) is 0. The first-order valence-electron chi connectivity index (χ1n) is 6.05. The van der Waals surface area contributed by atoms with Gasteiger partial charge in [0.15, 0.2) is 0 Å². The van der Waals surface area contributed by atoms with Gasteiger partial charge in [0.05, 0.1) is 6.54 Å². The maximum absolute atomic E-state index is 11.5. The van der Waals surface area contributed by atoms with Crippen molar-refractivity contribution in [1.29, 1.82) is 0 Å². The molecule has 20 heavy (non-hydrogen) atoms. The minimum Gasteiger partial charge on any atom is -0.492 e. The highest BCUT2D eigenvalue weighted by Gasteiger charge is 2.01. The fourth-order valence-electron chi connectivity index (χ4n) is 1.70. The van der Waals surface area contributed by atoms with Gasteiger partial charge >= 0.3 is 0 Å². The second-order valence-corrected chi connectivity index (χ2v) is 4.23. The van der Waals surface area contributed by atoms with E-state index in [0.29, 0.717) is 30.2 Å². The zero-order valence-corrected chi connectivity index (χ0v) is 10.8. The Kier molecular flexibility index (Phi) is 4.05. The molecule has 2 aromatic rings. The van der Waals surface area contributed by atoms with E-state index in [-0.39, 0.29) is 5.56 Å². The number of hydrogen-bond donors (Lipinski definition) is 2. The Balaban J connectivity index is 1.94. The van der Waals surface area contributed by atoms with E-state index in [1.807, 2.05) is 0 Å². The lowest BCUT2D eigenvalue weighted by Gasteiger charge is -2.09. The zero-order valence-electron chi connectivity index (χ0n) is 10.8. The summed E-state index contributed by atoms with van der Waals surface area (Å²) in [5.74, 6) is 0.120. The predicted molar refractivity (Wildman–Crippen MR) is 75.6 cm³/mol. The maximum atomic E-state index is 11.5.